The predicted molar refractivity (Wildman–Crippen MR) is 115 cm³/mol. The van der Waals surface area contributed by atoms with Crippen molar-refractivity contribution in [1.82, 2.24) is 9.88 Å². The van der Waals surface area contributed by atoms with Crippen molar-refractivity contribution in [2.45, 2.75) is 56.9 Å². The third kappa shape index (κ3) is 2.76. The average Bonchev–Trinajstić information content (AvgIpc) is 3.09. The Kier molecular flexibility index (Phi) is 4.43. The van der Waals surface area contributed by atoms with Crippen LogP contribution in [0.3, 0.4) is 0 Å². The summed E-state index contributed by atoms with van der Waals surface area (Å²) in [7, 11) is 0. The number of aromatic hydroxyl groups is 1. The molecule has 2 atom stereocenters. The zero-order chi connectivity index (χ0) is 19.1. The van der Waals surface area contributed by atoms with Crippen molar-refractivity contribution in [3.63, 3.8) is 0 Å². The third-order valence-corrected chi connectivity index (χ3v) is 7.08. The Morgan fingerprint density at radius 3 is 2.89 bits per heavy atom. The Bertz CT molecular complexity index is 991. The normalized spacial score (nSPS) is 24.4. The first kappa shape index (κ1) is 17.8. The molecule has 2 N–H and O–H groups in total. The van der Waals surface area contributed by atoms with Gasteiger partial charge in [0, 0.05) is 34.5 Å². The number of aromatic amines is 1. The SMILES string of the molecule is CCCCCN1CC[C@]2(c3cccc(O)c3)C[C@H]1Cc1[nH]c3ccccc3c12. The predicted octanol–water partition coefficient (Wildman–Crippen LogP) is 5.37. The molecule has 0 amide bonds. The standard InChI is InChI=1S/C25H30N2O/c1-2-3-6-13-27-14-12-25(18-8-7-9-20(28)15-18)17-19(27)16-23-24(25)21-10-4-5-11-22(21)26-23/h4-5,7-11,15,19,26,28H,2-3,6,12-14,16-17H2,1H3/t19-,25-/m1/s1. The summed E-state index contributed by atoms with van der Waals surface area (Å²) in [6.07, 6.45) is 7.27. The highest BCUT2D eigenvalue weighted by Gasteiger charge is 2.48. The Hall–Kier alpha value is -2.26. The van der Waals surface area contributed by atoms with Crippen LogP contribution in [0.15, 0.2) is 48.5 Å². The van der Waals surface area contributed by atoms with Crippen LogP contribution in [0, 0.1) is 0 Å². The van der Waals surface area contributed by atoms with Crippen LogP contribution in [-0.4, -0.2) is 34.1 Å². The quantitative estimate of drug-likeness (QED) is 0.589. The van der Waals surface area contributed by atoms with Crippen molar-refractivity contribution < 1.29 is 5.11 Å². The van der Waals surface area contributed by atoms with Crippen molar-refractivity contribution in [3.05, 3.63) is 65.4 Å². The van der Waals surface area contributed by atoms with Crippen LogP contribution in [0.1, 0.15) is 55.8 Å². The molecule has 1 aliphatic carbocycles. The van der Waals surface area contributed by atoms with E-state index in [0.717, 1.165) is 25.8 Å². The molecule has 5 rings (SSSR count). The number of benzene rings is 2. The zero-order valence-electron chi connectivity index (χ0n) is 16.7. The number of hydrogen-bond acceptors (Lipinski definition) is 2. The number of H-pyrrole nitrogens is 1. The fraction of sp³-hybridized carbons (Fsp3) is 0.440. The topological polar surface area (TPSA) is 39.3 Å². The van der Waals surface area contributed by atoms with Crippen LogP contribution in [0.5, 0.6) is 5.75 Å². The Morgan fingerprint density at radius 2 is 2.04 bits per heavy atom. The molecule has 1 aromatic heterocycles. The highest BCUT2D eigenvalue weighted by Crippen LogP contribution is 2.52. The van der Waals surface area contributed by atoms with Gasteiger partial charge in [-0.1, -0.05) is 50.1 Å². The Balaban J connectivity index is 1.63. The number of para-hydroxylation sites is 1. The molecule has 2 heterocycles. The molecule has 3 nitrogen and oxygen atoms in total. The number of hydrogen-bond donors (Lipinski definition) is 2. The first-order valence-electron chi connectivity index (χ1n) is 10.8. The molecule has 1 fully saturated rings. The molecule has 0 spiro atoms. The van der Waals surface area contributed by atoms with Crippen molar-refractivity contribution in [2.75, 3.05) is 13.1 Å². The van der Waals surface area contributed by atoms with Crippen molar-refractivity contribution in [2.24, 2.45) is 0 Å². The van der Waals surface area contributed by atoms with E-state index in [0.29, 0.717) is 11.8 Å². The fourth-order valence-electron chi connectivity index (χ4n) is 5.78. The summed E-state index contributed by atoms with van der Waals surface area (Å²) in [5.41, 5.74) is 5.41. The minimum absolute atomic E-state index is 0.00213. The lowest BCUT2D eigenvalue weighted by atomic mass is 9.61. The van der Waals surface area contributed by atoms with Gasteiger partial charge in [0.25, 0.3) is 0 Å². The van der Waals surface area contributed by atoms with Crippen LogP contribution in [-0.2, 0) is 11.8 Å². The van der Waals surface area contributed by atoms with E-state index in [1.807, 2.05) is 12.1 Å². The molecule has 3 aromatic rings. The second-order valence-corrected chi connectivity index (χ2v) is 8.71. The molecule has 0 radical (unpaired) electrons. The van der Waals surface area contributed by atoms with E-state index in [9.17, 15) is 5.11 Å². The summed E-state index contributed by atoms with van der Waals surface area (Å²) in [6.45, 7) is 4.63. The largest absolute Gasteiger partial charge is 0.508 e. The number of phenolic OH excluding ortho intramolecular Hbond substituents is 1. The smallest absolute Gasteiger partial charge is 0.115 e. The fourth-order valence-corrected chi connectivity index (χ4v) is 5.78. The maximum absolute atomic E-state index is 10.2. The van der Waals surface area contributed by atoms with Gasteiger partial charge in [0.05, 0.1) is 0 Å². The number of fused-ring (bicyclic) bond motifs is 6. The number of piperidine rings is 1. The molecule has 2 aromatic carbocycles. The minimum Gasteiger partial charge on any atom is -0.508 e. The first-order valence-corrected chi connectivity index (χ1v) is 10.8. The molecule has 0 saturated carbocycles. The van der Waals surface area contributed by atoms with Crippen LogP contribution < -0.4 is 0 Å². The van der Waals surface area contributed by atoms with E-state index in [2.05, 4.69) is 47.1 Å². The van der Waals surface area contributed by atoms with Gasteiger partial charge in [0.1, 0.15) is 5.75 Å². The summed E-state index contributed by atoms with van der Waals surface area (Å²) < 4.78 is 0. The van der Waals surface area contributed by atoms with Crippen LogP contribution in [0.2, 0.25) is 0 Å². The van der Waals surface area contributed by atoms with Crippen LogP contribution in [0.4, 0.5) is 0 Å². The number of phenols is 1. The van der Waals surface area contributed by atoms with Gasteiger partial charge in [-0.3, -0.25) is 4.90 Å². The molecule has 1 aliphatic heterocycles. The number of likely N-dealkylation sites (tertiary alicyclic amines) is 1. The maximum Gasteiger partial charge on any atom is 0.115 e. The highest BCUT2D eigenvalue weighted by atomic mass is 16.3. The van der Waals surface area contributed by atoms with E-state index < -0.39 is 0 Å². The highest BCUT2D eigenvalue weighted by molar-refractivity contribution is 5.87. The minimum atomic E-state index is -0.00213. The van der Waals surface area contributed by atoms with Gasteiger partial charge in [-0.15, -0.1) is 0 Å². The third-order valence-electron chi connectivity index (χ3n) is 7.08. The lowest BCUT2D eigenvalue weighted by Gasteiger charge is -2.51. The van der Waals surface area contributed by atoms with E-state index in [-0.39, 0.29) is 5.41 Å². The van der Waals surface area contributed by atoms with Gasteiger partial charge in [-0.2, -0.15) is 0 Å². The van der Waals surface area contributed by atoms with Crippen LogP contribution in [0.25, 0.3) is 10.9 Å². The summed E-state index contributed by atoms with van der Waals surface area (Å²) in [6, 6.07) is 17.3. The molecular formula is C25H30N2O. The molecule has 3 heteroatoms. The number of rotatable bonds is 5. The van der Waals surface area contributed by atoms with Gasteiger partial charge < -0.3 is 10.1 Å². The van der Waals surface area contributed by atoms with Gasteiger partial charge in [0.2, 0.25) is 0 Å². The molecular weight excluding hydrogens is 344 g/mol. The monoisotopic (exact) mass is 374 g/mol. The van der Waals surface area contributed by atoms with Gasteiger partial charge in [0.15, 0.2) is 0 Å². The molecule has 0 unspecified atom stereocenters. The summed E-state index contributed by atoms with van der Waals surface area (Å²) in [4.78, 5) is 6.48. The van der Waals surface area contributed by atoms with Crippen molar-refractivity contribution in [1.29, 1.82) is 0 Å². The Morgan fingerprint density at radius 1 is 1.14 bits per heavy atom. The number of nitrogens with one attached hydrogen (secondary N) is 1. The summed E-state index contributed by atoms with van der Waals surface area (Å²) in [5.74, 6) is 0.376. The van der Waals surface area contributed by atoms with E-state index in [4.69, 9.17) is 0 Å². The lowest BCUT2D eigenvalue weighted by molar-refractivity contribution is 0.0940. The van der Waals surface area contributed by atoms with Gasteiger partial charge in [-0.05, 0) is 61.7 Å². The van der Waals surface area contributed by atoms with Crippen molar-refractivity contribution in [3.8, 4) is 5.75 Å². The average molecular weight is 375 g/mol. The second-order valence-electron chi connectivity index (χ2n) is 8.71. The second kappa shape index (κ2) is 6.97. The first-order chi connectivity index (χ1) is 13.7. The van der Waals surface area contributed by atoms with Gasteiger partial charge >= 0.3 is 0 Å². The number of aromatic nitrogens is 1. The van der Waals surface area contributed by atoms with E-state index >= 15 is 0 Å². The Labute approximate surface area is 167 Å². The van der Waals surface area contributed by atoms with E-state index in [1.54, 1.807) is 6.07 Å². The van der Waals surface area contributed by atoms with Crippen molar-refractivity contribution >= 4 is 10.9 Å². The maximum atomic E-state index is 10.2. The van der Waals surface area contributed by atoms with Gasteiger partial charge in [-0.25, -0.2) is 0 Å². The molecule has 1 saturated heterocycles. The summed E-state index contributed by atoms with van der Waals surface area (Å²) in [5, 5.41) is 11.6. The molecule has 146 valence electrons. The summed E-state index contributed by atoms with van der Waals surface area (Å²) >= 11 is 0. The number of unbranched alkanes of at least 4 members (excludes halogenated alkanes) is 2. The lowest BCUT2D eigenvalue weighted by Crippen LogP contribution is -2.53. The molecule has 2 aliphatic rings. The number of nitrogens with zero attached hydrogens (tertiary/aromatic N) is 1. The van der Waals surface area contributed by atoms with Crippen LogP contribution >= 0.6 is 0 Å². The zero-order valence-corrected chi connectivity index (χ0v) is 16.7. The molecule has 2 bridgehead atoms. The van der Waals surface area contributed by atoms with E-state index in [1.165, 1.54) is 53.5 Å². The molecule has 28 heavy (non-hydrogen) atoms.